The molecule has 5 N–H and O–H groups in total. The van der Waals surface area contributed by atoms with Crippen molar-refractivity contribution in [3.8, 4) is 0 Å². The number of hydrogen-bond donors (Lipinski definition) is 3. The van der Waals surface area contributed by atoms with Crippen LogP contribution in [0.2, 0.25) is 0 Å². The largest absolute Gasteiger partial charge is 0.464 e. The summed E-state index contributed by atoms with van der Waals surface area (Å²) < 4.78 is 6.71. The maximum Gasteiger partial charge on any atom is 0.416 e. The zero-order chi connectivity index (χ0) is 18.7. The van der Waals surface area contributed by atoms with Crippen molar-refractivity contribution in [2.75, 3.05) is 6.54 Å². The van der Waals surface area contributed by atoms with E-state index in [0.29, 0.717) is 18.0 Å². The molecule has 0 aliphatic heterocycles. The van der Waals surface area contributed by atoms with Gasteiger partial charge in [0, 0.05) is 18.0 Å². The van der Waals surface area contributed by atoms with E-state index in [1.54, 1.807) is 12.1 Å². The molecule has 1 aliphatic rings. The lowest BCUT2D eigenvalue weighted by Crippen LogP contribution is -2.38. The summed E-state index contributed by atoms with van der Waals surface area (Å²) in [4.78, 5) is 23.7. The quantitative estimate of drug-likeness (QED) is 0.703. The van der Waals surface area contributed by atoms with Gasteiger partial charge in [0.15, 0.2) is 0 Å². The fourth-order valence-electron chi connectivity index (χ4n) is 3.63. The number of ether oxygens (including phenoxy) is 1. The summed E-state index contributed by atoms with van der Waals surface area (Å²) in [7, 11) is 0. The molecule has 0 saturated heterocycles. The summed E-state index contributed by atoms with van der Waals surface area (Å²) in [6, 6.07) is 6.34. The number of nitrogens with zero attached hydrogens (tertiary/aromatic N) is 1. The molecule has 2 aromatic rings. The molecule has 1 aromatic heterocycles. The molecule has 1 saturated carbocycles. The monoisotopic (exact) mass is 359 g/mol. The second kappa shape index (κ2) is 7.88. The molecule has 1 fully saturated rings. The molecule has 0 radical (unpaired) electrons. The van der Waals surface area contributed by atoms with Crippen LogP contribution in [0.15, 0.2) is 30.5 Å². The van der Waals surface area contributed by atoms with Gasteiger partial charge in [-0.3, -0.25) is 9.36 Å². The molecule has 1 unspecified atom stereocenters. The van der Waals surface area contributed by atoms with Gasteiger partial charge in [-0.1, -0.05) is 18.2 Å². The van der Waals surface area contributed by atoms with Gasteiger partial charge in [-0.15, -0.1) is 0 Å². The minimum atomic E-state index is -1.07. The van der Waals surface area contributed by atoms with Crippen molar-refractivity contribution >= 4 is 23.0 Å². The van der Waals surface area contributed by atoms with Crippen molar-refractivity contribution in [2.24, 2.45) is 17.4 Å². The molecule has 1 aliphatic carbocycles. The molecule has 1 atom stereocenters. The maximum absolute atomic E-state index is 12.3. The van der Waals surface area contributed by atoms with Crippen molar-refractivity contribution in [3.63, 3.8) is 0 Å². The highest BCUT2D eigenvalue weighted by Gasteiger charge is 2.26. The lowest BCUT2D eigenvalue weighted by atomic mass is 9.87. The van der Waals surface area contributed by atoms with Crippen LogP contribution in [0.25, 0.3) is 10.9 Å². The van der Waals surface area contributed by atoms with Gasteiger partial charge in [0.05, 0.1) is 5.52 Å². The van der Waals surface area contributed by atoms with Crippen LogP contribution >= 0.6 is 0 Å². The number of nitrogens with two attached hydrogens (primary N) is 2. The molecule has 0 spiro atoms. The van der Waals surface area contributed by atoms with E-state index in [0.717, 1.165) is 41.2 Å². The van der Waals surface area contributed by atoms with Gasteiger partial charge in [-0.05, 0) is 49.8 Å². The van der Waals surface area contributed by atoms with E-state index >= 15 is 0 Å². The van der Waals surface area contributed by atoms with E-state index in [-0.39, 0.29) is 12.5 Å². The first-order valence-corrected chi connectivity index (χ1v) is 8.98. The fourth-order valence-corrected chi connectivity index (χ4v) is 3.63. The number of fused-ring (bicyclic) bond motifs is 1. The topological polar surface area (TPSA) is 121 Å². The molecule has 7 nitrogen and oxygen atoms in total. The van der Waals surface area contributed by atoms with Gasteiger partial charge in [0.1, 0.15) is 12.1 Å². The Balaban J connectivity index is 1.66. The number of esters is 1. The van der Waals surface area contributed by atoms with Gasteiger partial charge < -0.3 is 21.3 Å². The zero-order valence-electron chi connectivity index (χ0n) is 14.6. The molecule has 3 rings (SSSR count). The minimum Gasteiger partial charge on any atom is -0.464 e. The Kier molecular flexibility index (Phi) is 5.58. The molecule has 0 bridgehead atoms. The zero-order valence-corrected chi connectivity index (χ0v) is 14.6. The van der Waals surface area contributed by atoms with E-state index in [9.17, 15) is 14.7 Å². The van der Waals surface area contributed by atoms with E-state index in [1.807, 2.05) is 12.1 Å². The third kappa shape index (κ3) is 3.89. The van der Waals surface area contributed by atoms with Crippen molar-refractivity contribution in [2.45, 2.75) is 44.2 Å². The highest BCUT2D eigenvalue weighted by molar-refractivity contribution is 5.92. The highest BCUT2D eigenvalue weighted by atomic mass is 16.5. The van der Waals surface area contributed by atoms with Crippen LogP contribution in [0.4, 0.5) is 4.79 Å². The standard InChI is InChI=1S/C19H25N3O4/c20-10-12-5-7-14(8-6-12)26-18(23)16(21)9-13-11-22(19(24)25)17-4-2-1-3-15(13)17/h1-4,11-12,14,16H,5-10,20-21H2,(H,24,25). The number of carbonyl (C=O) groups is 2. The maximum atomic E-state index is 12.3. The van der Waals surface area contributed by atoms with E-state index in [2.05, 4.69) is 0 Å². The molecule has 140 valence electrons. The third-order valence-corrected chi connectivity index (χ3v) is 5.15. The normalized spacial score (nSPS) is 21.5. The first kappa shape index (κ1) is 18.4. The van der Waals surface area contributed by atoms with Crippen LogP contribution < -0.4 is 11.5 Å². The first-order valence-electron chi connectivity index (χ1n) is 8.98. The fraction of sp³-hybridized carbons (Fsp3) is 0.474. The molecule has 1 aromatic carbocycles. The Hall–Kier alpha value is -2.38. The van der Waals surface area contributed by atoms with Crippen LogP contribution in [-0.2, 0) is 16.0 Å². The molecule has 26 heavy (non-hydrogen) atoms. The van der Waals surface area contributed by atoms with Crippen molar-refractivity contribution < 1.29 is 19.4 Å². The van der Waals surface area contributed by atoms with Gasteiger partial charge in [-0.2, -0.15) is 0 Å². The Morgan fingerprint density at radius 1 is 1.23 bits per heavy atom. The predicted octanol–water partition coefficient (Wildman–Crippen LogP) is 2.10. The molecule has 1 heterocycles. The van der Waals surface area contributed by atoms with Crippen LogP contribution in [0.1, 0.15) is 31.2 Å². The summed E-state index contributed by atoms with van der Waals surface area (Å²) >= 11 is 0. The van der Waals surface area contributed by atoms with E-state index in [1.165, 1.54) is 6.20 Å². The Bertz CT molecular complexity index is 793. The Morgan fingerprint density at radius 2 is 1.92 bits per heavy atom. The van der Waals surface area contributed by atoms with Gasteiger partial charge >= 0.3 is 12.1 Å². The van der Waals surface area contributed by atoms with Crippen LogP contribution in [0.3, 0.4) is 0 Å². The van der Waals surface area contributed by atoms with E-state index < -0.39 is 18.1 Å². The number of rotatable bonds is 5. The summed E-state index contributed by atoms with van der Waals surface area (Å²) in [6.45, 7) is 0.674. The average Bonchev–Trinajstić information content (AvgIpc) is 3.01. The Morgan fingerprint density at radius 3 is 2.58 bits per heavy atom. The second-order valence-corrected chi connectivity index (χ2v) is 6.95. The number of benzene rings is 1. The van der Waals surface area contributed by atoms with Gasteiger partial charge in [0.25, 0.3) is 0 Å². The smallest absolute Gasteiger partial charge is 0.416 e. The first-order chi connectivity index (χ1) is 12.5. The SMILES string of the molecule is NCC1CCC(OC(=O)C(N)Cc2cn(C(=O)O)c3ccccc23)CC1. The van der Waals surface area contributed by atoms with Gasteiger partial charge in [0.2, 0.25) is 0 Å². The number of aromatic nitrogens is 1. The van der Waals surface area contributed by atoms with Crippen LogP contribution in [0, 0.1) is 5.92 Å². The Labute approximate surface area is 151 Å². The van der Waals surface area contributed by atoms with Crippen molar-refractivity contribution in [3.05, 3.63) is 36.0 Å². The van der Waals surface area contributed by atoms with Crippen molar-refractivity contribution in [1.82, 2.24) is 4.57 Å². The lowest BCUT2D eigenvalue weighted by Gasteiger charge is -2.28. The summed E-state index contributed by atoms with van der Waals surface area (Å²) in [6.07, 6.45) is 4.16. The van der Waals surface area contributed by atoms with Gasteiger partial charge in [-0.25, -0.2) is 4.79 Å². The third-order valence-electron chi connectivity index (χ3n) is 5.15. The lowest BCUT2D eigenvalue weighted by molar-refractivity contribution is -0.152. The average molecular weight is 359 g/mol. The van der Waals surface area contributed by atoms with Crippen LogP contribution in [0.5, 0.6) is 0 Å². The van der Waals surface area contributed by atoms with Crippen LogP contribution in [-0.4, -0.2) is 40.4 Å². The minimum absolute atomic E-state index is 0.100. The number of carbonyl (C=O) groups excluding carboxylic acids is 1. The molecular formula is C19H25N3O4. The predicted molar refractivity (Wildman–Crippen MR) is 97.9 cm³/mol. The summed E-state index contributed by atoms with van der Waals surface area (Å²) in [5.41, 5.74) is 13.0. The molecule has 7 heteroatoms. The molecular weight excluding hydrogens is 334 g/mol. The second-order valence-electron chi connectivity index (χ2n) is 6.95. The van der Waals surface area contributed by atoms with Crippen molar-refractivity contribution in [1.29, 1.82) is 0 Å². The number of hydrogen-bond acceptors (Lipinski definition) is 5. The molecule has 0 amide bonds. The summed E-state index contributed by atoms with van der Waals surface area (Å²) in [5, 5.41) is 10.1. The number of carboxylic acid groups (broad SMARTS) is 1. The van der Waals surface area contributed by atoms with E-state index in [4.69, 9.17) is 16.2 Å². The number of para-hydroxylation sites is 1. The summed E-state index contributed by atoms with van der Waals surface area (Å²) in [5.74, 6) is 0.0779. The highest BCUT2D eigenvalue weighted by Crippen LogP contribution is 2.26.